The van der Waals surface area contributed by atoms with Gasteiger partial charge in [-0.05, 0) is 30.9 Å². The van der Waals surface area contributed by atoms with Crippen LogP contribution in [0.1, 0.15) is 19.4 Å². The lowest BCUT2D eigenvalue weighted by molar-refractivity contribution is -0.137. The van der Waals surface area contributed by atoms with E-state index >= 15 is 0 Å². The predicted molar refractivity (Wildman–Crippen MR) is 82.5 cm³/mol. The van der Waals surface area contributed by atoms with E-state index in [2.05, 4.69) is 9.72 Å². The van der Waals surface area contributed by atoms with Gasteiger partial charge >= 0.3 is 12.3 Å². The molecule has 1 aromatic heterocycles. The van der Waals surface area contributed by atoms with Gasteiger partial charge in [-0.25, -0.2) is 9.78 Å². The number of rotatable bonds is 4. The number of pyridine rings is 1. The van der Waals surface area contributed by atoms with Gasteiger partial charge in [0.15, 0.2) is 5.75 Å². The molecular formula is C15H14F3NO4S. The van der Waals surface area contributed by atoms with Crippen molar-refractivity contribution in [3.63, 3.8) is 0 Å². The summed E-state index contributed by atoms with van der Waals surface area (Å²) >= 11 is 1.12. The van der Waals surface area contributed by atoms with E-state index in [1.54, 1.807) is 13.8 Å². The molecule has 0 saturated heterocycles. The Bertz CT molecular complexity index is 764. The third kappa shape index (κ3) is 3.84. The number of nitrogens with zero attached hydrogens (tertiary/aromatic N) is 1. The molecule has 0 aliphatic heterocycles. The fraction of sp³-hybridized carbons (Fsp3) is 0.333. The summed E-state index contributed by atoms with van der Waals surface area (Å²) in [5.41, 5.74) is -0.928. The number of ether oxygens (including phenoxy) is 2. The molecule has 1 heterocycles. The molecule has 0 aliphatic carbocycles. The van der Waals surface area contributed by atoms with Crippen molar-refractivity contribution in [2.24, 2.45) is 0 Å². The molecule has 0 aliphatic rings. The molecule has 2 aromatic rings. The molecule has 0 atom stereocenters. The Morgan fingerprint density at radius 3 is 2.62 bits per heavy atom. The highest BCUT2D eigenvalue weighted by Crippen LogP contribution is 2.42. The fourth-order valence-corrected chi connectivity index (χ4v) is 2.65. The summed E-state index contributed by atoms with van der Waals surface area (Å²) in [6.45, 7) is 3.44. The number of hydrogen-bond donors (Lipinski definition) is 1. The monoisotopic (exact) mass is 361 g/mol. The quantitative estimate of drug-likeness (QED) is 0.634. The van der Waals surface area contributed by atoms with Gasteiger partial charge in [-0.1, -0.05) is 6.92 Å². The average molecular weight is 361 g/mol. The van der Waals surface area contributed by atoms with Crippen LogP contribution in [-0.4, -0.2) is 28.6 Å². The van der Waals surface area contributed by atoms with E-state index < -0.39 is 23.6 Å². The Morgan fingerprint density at radius 2 is 2.04 bits per heavy atom. The van der Waals surface area contributed by atoms with Crippen molar-refractivity contribution in [1.82, 2.24) is 4.98 Å². The Kier molecular flexibility index (Phi) is 5.43. The number of benzene rings is 1. The van der Waals surface area contributed by atoms with E-state index in [-0.39, 0.29) is 28.3 Å². The van der Waals surface area contributed by atoms with Crippen LogP contribution in [0.4, 0.5) is 18.0 Å². The second-order valence-corrected chi connectivity index (χ2v) is 5.80. The first kappa shape index (κ1) is 18.2. The highest BCUT2D eigenvalue weighted by atomic mass is 32.2. The van der Waals surface area contributed by atoms with Crippen LogP contribution in [0.15, 0.2) is 23.2 Å². The van der Waals surface area contributed by atoms with Crippen molar-refractivity contribution in [3.05, 3.63) is 23.8 Å². The lowest BCUT2D eigenvalue weighted by atomic mass is 10.1. The average Bonchev–Trinajstić information content (AvgIpc) is 2.50. The second kappa shape index (κ2) is 7.16. The zero-order chi connectivity index (χ0) is 17.9. The van der Waals surface area contributed by atoms with Gasteiger partial charge in [-0.3, -0.25) is 0 Å². The van der Waals surface area contributed by atoms with Gasteiger partial charge in [0.1, 0.15) is 5.03 Å². The van der Waals surface area contributed by atoms with Gasteiger partial charge in [0.25, 0.3) is 0 Å². The van der Waals surface area contributed by atoms with Crippen molar-refractivity contribution in [3.8, 4) is 11.5 Å². The number of aromatic nitrogens is 1. The van der Waals surface area contributed by atoms with Crippen LogP contribution in [0.5, 0.6) is 11.5 Å². The van der Waals surface area contributed by atoms with Crippen LogP contribution in [0.25, 0.3) is 10.9 Å². The minimum Gasteiger partial charge on any atom is -0.504 e. The maximum Gasteiger partial charge on any atom is 0.514 e. The van der Waals surface area contributed by atoms with Crippen LogP contribution in [0, 0.1) is 0 Å². The van der Waals surface area contributed by atoms with E-state index in [0.717, 1.165) is 30.0 Å². The first-order valence-electron chi connectivity index (χ1n) is 6.99. The number of fused-ring (bicyclic) bond motifs is 1. The first-order chi connectivity index (χ1) is 11.3. The molecule has 0 fully saturated rings. The molecule has 0 unspecified atom stereocenters. The summed E-state index contributed by atoms with van der Waals surface area (Å²) in [6, 6.07) is 2.74. The van der Waals surface area contributed by atoms with E-state index in [0.29, 0.717) is 5.75 Å². The molecule has 0 amide bonds. The minimum atomic E-state index is -4.52. The minimum absolute atomic E-state index is 0.0442. The summed E-state index contributed by atoms with van der Waals surface area (Å²) in [5.74, 6) is -0.180. The van der Waals surface area contributed by atoms with Crippen LogP contribution >= 0.6 is 11.8 Å². The van der Waals surface area contributed by atoms with E-state index in [4.69, 9.17) is 4.74 Å². The third-order valence-electron chi connectivity index (χ3n) is 2.94. The maximum atomic E-state index is 12.8. The molecule has 9 heteroatoms. The molecular weight excluding hydrogens is 347 g/mol. The van der Waals surface area contributed by atoms with Gasteiger partial charge in [-0.15, -0.1) is 11.8 Å². The number of aromatic hydroxyl groups is 1. The van der Waals surface area contributed by atoms with E-state index in [9.17, 15) is 23.1 Å². The largest absolute Gasteiger partial charge is 0.514 e. The molecule has 0 saturated carbocycles. The van der Waals surface area contributed by atoms with Gasteiger partial charge in [0.05, 0.1) is 17.7 Å². The van der Waals surface area contributed by atoms with Crippen molar-refractivity contribution in [1.29, 1.82) is 0 Å². The second-order valence-electron chi connectivity index (χ2n) is 4.54. The van der Waals surface area contributed by atoms with Crippen LogP contribution in [-0.2, 0) is 10.9 Å². The Labute approximate surface area is 139 Å². The molecule has 130 valence electrons. The smallest absolute Gasteiger partial charge is 0.504 e. The first-order valence-corrected chi connectivity index (χ1v) is 7.97. The Morgan fingerprint density at radius 1 is 1.33 bits per heavy atom. The number of carbonyl (C=O) groups is 1. The van der Waals surface area contributed by atoms with Gasteiger partial charge < -0.3 is 14.6 Å². The van der Waals surface area contributed by atoms with Crippen molar-refractivity contribution >= 4 is 28.8 Å². The van der Waals surface area contributed by atoms with Crippen molar-refractivity contribution in [2.75, 3.05) is 12.4 Å². The fourth-order valence-electron chi connectivity index (χ4n) is 1.94. The summed E-state index contributed by atoms with van der Waals surface area (Å²) in [4.78, 5) is 15.6. The molecule has 0 bridgehead atoms. The predicted octanol–water partition coefficient (Wildman–Crippen LogP) is 4.61. The van der Waals surface area contributed by atoms with Crippen molar-refractivity contribution in [2.45, 2.75) is 25.0 Å². The van der Waals surface area contributed by atoms with Crippen molar-refractivity contribution < 1.29 is 32.5 Å². The summed E-state index contributed by atoms with van der Waals surface area (Å²) < 4.78 is 48.1. The summed E-state index contributed by atoms with van der Waals surface area (Å²) in [7, 11) is 0. The molecule has 5 nitrogen and oxygen atoms in total. The highest BCUT2D eigenvalue weighted by Gasteiger charge is 2.31. The number of alkyl halides is 3. The molecule has 24 heavy (non-hydrogen) atoms. The van der Waals surface area contributed by atoms with E-state index in [1.165, 1.54) is 0 Å². The molecule has 0 radical (unpaired) electrons. The van der Waals surface area contributed by atoms with Gasteiger partial charge in [-0.2, -0.15) is 13.2 Å². The number of hydrogen-bond acceptors (Lipinski definition) is 6. The lowest BCUT2D eigenvalue weighted by Crippen LogP contribution is -2.11. The van der Waals surface area contributed by atoms with Crippen LogP contribution in [0.2, 0.25) is 0 Å². The lowest BCUT2D eigenvalue weighted by Gasteiger charge is -2.13. The van der Waals surface area contributed by atoms with E-state index in [1.807, 2.05) is 0 Å². The van der Waals surface area contributed by atoms with Crippen LogP contribution in [0.3, 0.4) is 0 Å². The maximum absolute atomic E-state index is 12.8. The Hall–Kier alpha value is -2.16. The molecule has 1 N–H and O–H groups in total. The summed E-state index contributed by atoms with van der Waals surface area (Å²) in [6.07, 6.45) is -5.55. The molecule has 1 aromatic carbocycles. The van der Waals surface area contributed by atoms with Crippen LogP contribution < -0.4 is 4.74 Å². The molecule has 2 rings (SSSR count). The third-order valence-corrected chi connectivity index (χ3v) is 3.78. The number of halogens is 3. The van der Waals surface area contributed by atoms with Gasteiger partial charge in [0.2, 0.25) is 5.75 Å². The zero-order valence-corrected chi connectivity index (χ0v) is 13.6. The normalized spacial score (nSPS) is 11.5. The highest BCUT2D eigenvalue weighted by molar-refractivity contribution is 7.99. The standard InChI is InChI=1S/C15H14F3NO4S/c1-3-22-14(21)23-12-11(20)9-6-5-8(15(16,17)18)7-10(9)19-13(12)24-4-2/h5-7H,3-4H2,1-2H3,(H,19,20). The molecule has 0 spiro atoms. The number of thioether (sulfide) groups is 1. The Balaban J connectivity index is 2.59. The van der Waals surface area contributed by atoms with Gasteiger partial charge in [0, 0.05) is 5.39 Å². The summed E-state index contributed by atoms with van der Waals surface area (Å²) in [5, 5.41) is 10.5. The topological polar surface area (TPSA) is 68.7 Å². The SMILES string of the molecule is CCOC(=O)Oc1c(SCC)nc2cc(C(F)(F)F)ccc2c1O. The number of carbonyl (C=O) groups excluding carboxylic acids is 1. The zero-order valence-electron chi connectivity index (χ0n) is 12.8.